The number of halogens is 2. The van der Waals surface area contributed by atoms with E-state index in [1.807, 2.05) is 11.9 Å². The van der Waals surface area contributed by atoms with Gasteiger partial charge in [0.15, 0.2) is 6.61 Å². The number of likely N-dealkylation sites (N-methyl/N-ethyl adjacent to an activating group) is 1. The van der Waals surface area contributed by atoms with Gasteiger partial charge in [-0.3, -0.25) is 9.69 Å². The summed E-state index contributed by atoms with van der Waals surface area (Å²) in [7, 11) is 1.91. The molecule has 0 radical (unpaired) electrons. The number of carbonyl (C=O) groups excluding carboxylic acids is 1. The van der Waals surface area contributed by atoms with Gasteiger partial charge in [-0.05, 0) is 68.5 Å². The number of fused-ring (bicyclic) bond motifs is 1. The summed E-state index contributed by atoms with van der Waals surface area (Å²) in [5.41, 5.74) is 2.63. The number of ether oxygens (including phenoxy) is 1. The molecule has 0 bridgehead atoms. The lowest BCUT2D eigenvalue weighted by Crippen LogP contribution is -2.47. The molecule has 4 nitrogen and oxygen atoms in total. The first-order valence-electron chi connectivity index (χ1n) is 10.7. The molecular weight excluding hydrogens is 419 g/mol. The van der Waals surface area contributed by atoms with Gasteiger partial charge in [0.05, 0.1) is 16.1 Å². The normalized spacial score (nSPS) is 21.7. The Hall–Kier alpha value is -1.75. The quantitative estimate of drug-likeness (QED) is 0.578. The summed E-state index contributed by atoms with van der Waals surface area (Å²) in [6.07, 6.45) is 5.80. The highest BCUT2D eigenvalue weighted by Crippen LogP contribution is 2.37. The molecule has 2 atom stereocenters. The third-order valence-electron chi connectivity index (χ3n) is 6.36. The Morgan fingerprint density at radius 3 is 2.63 bits per heavy atom. The van der Waals surface area contributed by atoms with Crippen LogP contribution in [0.2, 0.25) is 10.0 Å². The number of likely N-dealkylation sites (tertiary alicyclic amines) is 1. The summed E-state index contributed by atoms with van der Waals surface area (Å²) < 4.78 is 5.75. The van der Waals surface area contributed by atoms with Crippen molar-refractivity contribution in [3.63, 3.8) is 0 Å². The van der Waals surface area contributed by atoms with E-state index in [1.165, 1.54) is 24.0 Å². The van der Waals surface area contributed by atoms with Gasteiger partial charge in [0.2, 0.25) is 0 Å². The highest BCUT2D eigenvalue weighted by Gasteiger charge is 2.37. The van der Waals surface area contributed by atoms with E-state index in [2.05, 4.69) is 29.2 Å². The van der Waals surface area contributed by atoms with Crippen LogP contribution >= 0.6 is 23.2 Å². The Morgan fingerprint density at radius 1 is 1.10 bits per heavy atom. The second kappa shape index (κ2) is 9.59. The lowest BCUT2D eigenvalue weighted by atomic mass is 9.94. The van der Waals surface area contributed by atoms with Crippen molar-refractivity contribution in [2.75, 3.05) is 26.7 Å². The summed E-state index contributed by atoms with van der Waals surface area (Å²) in [5, 5.41) is 0.887. The fourth-order valence-corrected chi connectivity index (χ4v) is 5.10. The lowest BCUT2D eigenvalue weighted by molar-refractivity contribution is -0.135. The topological polar surface area (TPSA) is 32.8 Å². The molecule has 2 aliphatic rings. The van der Waals surface area contributed by atoms with Crippen molar-refractivity contribution < 1.29 is 9.53 Å². The molecule has 1 amide bonds. The smallest absolute Gasteiger partial charge is 0.260 e. The van der Waals surface area contributed by atoms with Crippen LogP contribution in [0.1, 0.15) is 42.9 Å². The Morgan fingerprint density at radius 2 is 1.87 bits per heavy atom. The van der Waals surface area contributed by atoms with Crippen molar-refractivity contribution in [2.45, 2.75) is 44.2 Å². The minimum Gasteiger partial charge on any atom is -0.484 e. The van der Waals surface area contributed by atoms with E-state index in [0.717, 1.165) is 32.4 Å². The van der Waals surface area contributed by atoms with Crippen molar-refractivity contribution in [1.29, 1.82) is 0 Å². The number of aryl methyl sites for hydroxylation is 1. The van der Waals surface area contributed by atoms with Gasteiger partial charge in [-0.25, -0.2) is 0 Å². The summed E-state index contributed by atoms with van der Waals surface area (Å²) in [5.74, 6) is 0.510. The minimum absolute atomic E-state index is 0.0279. The number of amides is 1. The number of rotatable bonds is 5. The first-order valence-corrected chi connectivity index (χ1v) is 11.5. The molecule has 6 heteroatoms. The van der Waals surface area contributed by atoms with Crippen molar-refractivity contribution in [3.8, 4) is 5.75 Å². The molecule has 0 spiro atoms. The van der Waals surface area contributed by atoms with E-state index in [-0.39, 0.29) is 18.6 Å². The molecule has 4 rings (SSSR count). The second-order valence-electron chi connectivity index (χ2n) is 8.22. The van der Waals surface area contributed by atoms with Crippen LogP contribution in [-0.4, -0.2) is 48.5 Å². The van der Waals surface area contributed by atoms with Gasteiger partial charge in [0, 0.05) is 19.2 Å². The Labute approximate surface area is 188 Å². The zero-order valence-corrected chi connectivity index (χ0v) is 18.8. The highest BCUT2D eigenvalue weighted by molar-refractivity contribution is 6.42. The van der Waals surface area contributed by atoms with Gasteiger partial charge in [0.25, 0.3) is 5.91 Å². The van der Waals surface area contributed by atoms with E-state index in [4.69, 9.17) is 27.9 Å². The summed E-state index contributed by atoms with van der Waals surface area (Å²) in [6, 6.07) is 14.0. The lowest BCUT2D eigenvalue weighted by Gasteiger charge is -2.39. The maximum absolute atomic E-state index is 13.2. The van der Waals surface area contributed by atoms with E-state index in [0.29, 0.717) is 21.8 Å². The Balaban J connectivity index is 1.55. The number of hydrogen-bond donors (Lipinski definition) is 0. The van der Waals surface area contributed by atoms with Crippen LogP contribution in [0.5, 0.6) is 5.75 Å². The van der Waals surface area contributed by atoms with Crippen LogP contribution in [-0.2, 0) is 11.2 Å². The average Bonchev–Trinajstić information content (AvgIpc) is 3.22. The van der Waals surface area contributed by atoms with Crippen LogP contribution in [0.3, 0.4) is 0 Å². The summed E-state index contributed by atoms with van der Waals surface area (Å²) in [4.78, 5) is 17.6. The van der Waals surface area contributed by atoms with Gasteiger partial charge in [-0.15, -0.1) is 0 Å². The van der Waals surface area contributed by atoms with E-state index in [1.54, 1.807) is 18.2 Å². The standard InChI is InChI=1S/C24H28Cl2N2O2/c1-27(23(29)16-30-18-11-12-20(25)21(26)15-18)24-19-9-3-2-7-17(19)8-6-10-22(24)28-13-4-5-14-28/h2-3,7,9,11-12,15,22,24H,4-6,8,10,13-14,16H2,1H3. The number of hydrogen-bond acceptors (Lipinski definition) is 3. The predicted octanol–water partition coefficient (Wildman–Crippen LogP) is 5.37. The van der Waals surface area contributed by atoms with Crippen molar-refractivity contribution in [3.05, 3.63) is 63.6 Å². The Bertz CT molecular complexity index is 899. The van der Waals surface area contributed by atoms with Crippen LogP contribution in [0.4, 0.5) is 0 Å². The molecular formula is C24H28Cl2N2O2. The molecule has 0 saturated carbocycles. The van der Waals surface area contributed by atoms with E-state index in [9.17, 15) is 4.79 Å². The SMILES string of the molecule is CN(C(=O)COc1ccc(Cl)c(Cl)c1)C1c2ccccc2CCCC1N1CCCC1. The highest BCUT2D eigenvalue weighted by atomic mass is 35.5. The zero-order chi connectivity index (χ0) is 21.1. The molecule has 1 heterocycles. The fraction of sp³-hybridized carbons (Fsp3) is 0.458. The first-order chi connectivity index (χ1) is 14.5. The monoisotopic (exact) mass is 446 g/mol. The molecule has 0 N–H and O–H groups in total. The largest absolute Gasteiger partial charge is 0.484 e. The van der Waals surface area contributed by atoms with Gasteiger partial charge in [-0.2, -0.15) is 0 Å². The fourth-order valence-electron chi connectivity index (χ4n) is 4.81. The minimum atomic E-state index is -0.0352. The summed E-state index contributed by atoms with van der Waals surface area (Å²) in [6.45, 7) is 2.20. The first kappa shape index (κ1) is 21.5. The maximum atomic E-state index is 13.2. The van der Waals surface area contributed by atoms with Gasteiger partial charge in [-0.1, -0.05) is 47.5 Å². The van der Waals surface area contributed by atoms with Crippen molar-refractivity contribution in [1.82, 2.24) is 9.80 Å². The van der Waals surface area contributed by atoms with Crippen LogP contribution in [0.25, 0.3) is 0 Å². The maximum Gasteiger partial charge on any atom is 0.260 e. The number of benzene rings is 2. The molecule has 2 aromatic carbocycles. The third-order valence-corrected chi connectivity index (χ3v) is 7.10. The molecule has 1 saturated heterocycles. The summed E-state index contributed by atoms with van der Waals surface area (Å²) >= 11 is 12.0. The molecule has 1 aliphatic carbocycles. The van der Waals surface area contributed by atoms with Crippen LogP contribution in [0, 0.1) is 0 Å². The van der Waals surface area contributed by atoms with Crippen LogP contribution < -0.4 is 4.74 Å². The molecule has 160 valence electrons. The molecule has 1 fully saturated rings. The van der Waals surface area contributed by atoms with Gasteiger partial charge in [0.1, 0.15) is 5.75 Å². The number of carbonyl (C=O) groups is 1. The third kappa shape index (κ3) is 4.61. The van der Waals surface area contributed by atoms with E-state index < -0.39 is 0 Å². The molecule has 30 heavy (non-hydrogen) atoms. The zero-order valence-electron chi connectivity index (χ0n) is 17.3. The Kier molecular flexibility index (Phi) is 6.87. The van der Waals surface area contributed by atoms with Crippen molar-refractivity contribution in [2.24, 2.45) is 0 Å². The molecule has 2 unspecified atom stereocenters. The van der Waals surface area contributed by atoms with Gasteiger partial charge >= 0.3 is 0 Å². The number of nitrogens with zero attached hydrogens (tertiary/aromatic N) is 2. The van der Waals surface area contributed by atoms with E-state index >= 15 is 0 Å². The van der Waals surface area contributed by atoms with Gasteiger partial charge < -0.3 is 9.64 Å². The molecule has 1 aliphatic heterocycles. The molecule has 0 aromatic heterocycles. The molecule has 2 aromatic rings. The second-order valence-corrected chi connectivity index (χ2v) is 9.03. The van der Waals surface area contributed by atoms with Crippen molar-refractivity contribution >= 4 is 29.1 Å². The van der Waals surface area contributed by atoms with Crippen LogP contribution in [0.15, 0.2) is 42.5 Å². The predicted molar refractivity (Wildman–Crippen MR) is 121 cm³/mol. The average molecular weight is 447 g/mol.